The molecule has 2 heterocycles. The van der Waals surface area contributed by atoms with E-state index in [-0.39, 0.29) is 17.6 Å². The Morgan fingerprint density at radius 3 is 2.67 bits per heavy atom. The minimum atomic E-state index is -0.454. The van der Waals surface area contributed by atoms with Gasteiger partial charge in [-0.2, -0.15) is 0 Å². The molecule has 18 heavy (non-hydrogen) atoms. The third-order valence-electron chi connectivity index (χ3n) is 3.70. The van der Waals surface area contributed by atoms with E-state index in [1.165, 1.54) is 0 Å². The van der Waals surface area contributed by atoms with E-state index >= 15 is 0 Å². The summed E-state index contributed by atoms with van der Waals surface area (Å²) in [6, 6.07) is 0.0782. The lowest BCUT2D eigenvalue weighted by Crippen LogP contribution is -2.52. The van der Waals surface area contributed by atoms with Crippen molar-refractivity contribution in [1.82, 2.24) is 10.6 Å². The second-order valence-corrected chi connectivity index (χ2v) is 6.33. The molecular weight excluding hydrogens is 232 g/mol. The Bertz CT molecular complexity index is 306. The van der Waals surface area contributed by atoms with Crippen LogP contribution in [0.15, 0.2) is 0 Å². The minimum absolute atomic E-state index is 0.0782. The highest BCUT2D eigenvalue weighted by atomic mass is 16.6. The molecule has 1 spiro atoms. The van der Waals surface area contributed by atoms with Gasteiger partial charge in [0.2, 0.25) is 0 Å². The van der Waals surface area contributed by atoms with Crippen LogP contribution in [-0.2, 0) is 9.47 Å². The molecule has 104 valence electrons. The van der Waals surface area contributed by atoms with Crippen molar-refractivity contribution in [3.05, 3.63) is 0 Å². The van der Waals surface area contributed by atoms with Crippen LogP contribution < -0.4 is 10.6 Å². The minimum Gasteiger partial charge on any atom is -0.444 e. The number of ether oxygens (including phenoxy) is 2. The van der Waals surface area contributed by atoms with Crippen LogP contribution in [0.5, 0.6) is 0 Å². The molecule has 0 aliphatic carbocycles. The van der Waals surface area contributed by atoms with Gasteiger partial charge in [-0.15, -0.1) is 0 Å². The van der Waals surface area contributed by atoms with E-state index in [4.69, 9.17) is 9.47 Å². The number of carbonyl (C=O) groups excluding carboxylic acids is 1. The summed E-state index contributed by atoms with van der Waals surface area (Å²) >= 11 is 0. The van der Waals surface area contributed by atoms with Crippen molar-refractivity contribution in [3.63, 3.8) is 0 Å². The number of alkyl carbamates (subject to hydrolysis) is 1. The summed E-state index contributed by atoms with van der Waals surface area (Å²) in [6.45, 7) is 8.95. The number of hydrogen-bond donors (Lipinski definition) is 2. The third-order valence-corrected chi connectivity index (χ3v) is 3.70. The van der Waals surface area contributed by atoms with Gasteiger partial charge in [-0.3, -0.25) is 0 Å². The highest BCUT2D eigenvalue weighted by Crippen LogP contribution is 2.37. The molecule has 0 radical (unpaired) electrons. The summed E-state index contributed by atoms with van der Waals surface area (Å²) in [5.74, 6) is 0. The molecule has 0 aromatic heterocycles. The maximum absolute atomic E-state index is 11.8. The van der Waals surface area contributed by atoms with Crippen molar-refractivity contribution in [1.29, 1.82) is 0 Å². The standard InChI is InChI=1S/C13H24N2O3/c1-12(2,3)18-11(16)15-10-8-17-9-13(10)4-6-14-7-5-13/h10,14H,4-9H2,1-3H3,(H,15,16)/t10-/m1/s1. The van der Waals surface area contributed by atoms with Crippen molar-refractivity contribution in [3.8, 4) is 0 Å². The van der Waals surface area contributed by atoms with Crippen LogP contribution >= 0.6 is 0 Å². The first-order chi connectivity index (χ1) is 8.41. The number of rotatable bonds is 1. The molecule has 2 N–H and O–H groups in total. The highest BCUT2D eigenvalue weighted by Gasteiger charge is 2.45. The van der Waals surface area contributed by atoms with Gasteiger partial charge in [0.25, 0.3) is 0 Å². The average Bonchev–Trinajstić information content (AvgIpc) is 2.60. The molecule has 0 aromatic rings. The molecule has 2 rings (SSSR count). The van der Waals surface area contributed by atoms with Crippen molar-refractivity contribution in [2.45, 2.75) is 45.3 Å². The smallest absolute Gasteiger partial charge is 0.407 e. The lowest BCUT2D eigenvalue weighted by Gasteiger charge is -2.37. The second-order valence-electron chi connectivity index (χ2n) is 6.33. The topological polar surface area (TPSA) is 59.6 Å². The summed E-state index contributed by atoms with van der Waals surface area (Å²) in [6.07, 6.45) is 1.76. The number of piperidine rings is 1. The van der Waals surface area contributed by atoms with Crippen LogP contribution in [0.3, 0.4) is 0 Å². The van der Waals surface area contributed by atoms with Gasteiger partial charge < -0.3 is 20.1 Å². The Balaban J connectivity index is 1.93. The van der Waals surface area contributed by atoms with Gasteiger partial charge in [0.1, 0.15) is 5.60 Å². The van der Waals surface area contributed by atoms with Crippen LogP contribution in [0, 0.1) is 5.41 Å². The zero-order valence-electron chi connectivity index (χ0n) is 11.5. The van der Waals surface area contributed by atoms with E-state index in [1.807, 2.05) is 20.8 Å². The summed E-state index contributed by atoms with van der Waals surface area (Å²) in [4.78, 5) is 11.8. The molecule has 5 nitrogen and oxygen atoms in total. The van der Waals surface area contributed by atoms with Gasteiger partial charge >= 0.3 is 6.09 Å². The van der Waals surface area contributed by atoms with Crippen molar-refractivity contribution in [2.75, 3.05) is 26.3 Å². The lowest BCUT2D eigenvalue weighted by molar-refractivity contribution is 0.0452. The van der Waals surface area contributed by atoms with Gasteiger partial charge in [-0.1, -0.05) is 0 Å². The van der Waals surface area contributed by atoms with Crippen molar-refractivity contribution >= 4 is 6.09 Å². The monoisotopic (exact) mass is 256 g/mol. The fourth-order valence-electron chi connectivity index (χ4n) is 2.72. The first-order valence-electron chi connectivity index (χ1n) is 6.69. The van der Waals surface area contributed by atoms with E-state index in [0.717, 1.165) is 32.5 Å². The lowest BCUT2D eigenvalue weighted by atomic mass is 9.75. The fourth-order valence-corrected chi connectivity index (χ4v) is 2.72. The molecule has 2 aliphatic rings. The van der Waals surface area contributed by atoms with E-state index < -0.39 is 5.60 Å². The summed E-state index contributed by atoms with van der Waals surface area (Å²) in [5, 5.41) is 6.33. The largest absolute Gasteiger partial charge is 0.444 e. The molecule has 1 amide bonds. The van der Waals surface area contributed by atoms with Gasteiger partial charge in [0, 0.05) is 5.41 Å². The molecule has 2 aliphatic heterocycles. The second kappa shape index (κ2) is 5.05. The molecule has 0 saturated carbocycles. The van der Waals surface area contributed by atoms with Crippen LogP contribution in [0.2, 0.25) is 0 Å². The molecule has 0 bridgehead atoms. The van der Waals surface area contributed by atoms with Gasteiger partial charge in [-0.05, 0) is 46.7 Å². The Morgan fingerprint density at radius 1 is 1.39 bits per heavy atom. The zero-order valence-corrected chi connectivity index (χ0v) is 11.5. The third kappa shape index (κ3) is 3.14. The maximum Gasteiger partial charge on any atom is 0.407 e. The van der Waals surface area contributed by atoms with Gasteiger partial charge in [0.15, 0.2) is 0 Å². The first kappa shape index (κ1) is 13.6. The van der Waals surface area contributed by atoms with Crippen LogP contribution in [-0.4, -0.2) is 44.0 Å². The molecule has 1 atom stereocenters. The molecule has 5 heteroatoms. The molecular formula is C13H24N2O3. The Morgan fingerprint density at radius 2 is 2.06 bits per heavy atom. The predicted octanol–water partition coefficient (Wildman–Crippen LogP) is 1.28. The van der Waals surface area contributed by atoms with Crippen LogP contribution in [0.25, 0.3) is 0 Å². The molecule has 2 fully saturated rings. The normalized spacial score (nSPS) is 27.2. The molecule has 0 unspecified atom stereocenters. The van der Waals surface area contributed by atoms with Gasteiger partial charge in [-0.25, -0.2) is 4.79 Å². The molecule has 0 aromatic carbocycles. The van der Waals surface area contributed by atoms with E-state index in [9.17, 15) is 4.79 Å². The number of carbonyl (C=O) groups is 1. The quantitative estimate of drug-likeness (QED) is 0.742. The summed E-state index contributed by atoms with van der Waals surface area (Å²) < 4.78 is 10.9. The summed E-state index contributed by atoms with van der Waals surface area (Å²) in [5.41, 5.74) is -0.354. The van der Waals surface area contributed by atoms with E-state index in [2.05, 4.69) is 10.6 Å². The summed E-state index contributed by atoms with van der Waals surface area (Å²) in [7, 11) is 0. The maximum atomic E-state index is 11.8. The Labute approximate surface area is 109 Å². The Hall–Kier alpha value is -0.810. The van der Waals surface area contributed by atoms with Crippen LogP contribution in [0.4, 0.5) is 4.79 Å². The van der Waals surface area contributed by atoms with Gasteiger partial charge in [0.05, 0.1) is 19.3 Å². The van der Waals surface area contributed by atoms with E-state index in [0.29, 0.717) is 6.61 Å². The predicted molar refractivity (Wildman–Crippen MR) is 68.5 cm³/mol. The number of amides is 1. The zero-order chi connectivity index (χ0) is 13.2. The van der Waals surface area contributed by atoms with Crippen molar-refractivity contribution < 1.29 is 14.3 Å². The average molecular weight is 256 g/mol. The fraction of sp³-hybridized carbons (Fsp3) is 0.923. The van der Waals surface area contributed by atoms with Crippen LogP contribution in [0.1, 0.15) is 33.6 Å². The molecule has 2 saturated heterocycles. The number of hydrogen-bond acceptors (Lipinski definition) is 4. The van der Waals surface area contributed by atoms with E-state index in [1.54, 1.807) is 0 Å². The first-order valence-corrected chi connectivity index (χ1v) is 6.69. The highest BCUT2D eigenvalue weighted by molar-refractivity contribution is 5.68. The van der Waals surface area contributed by atoms with Crippen molar-refractivity contribution in [2.24, 2.45) is 5.41 Å². The number of nitrogens with one attached hydrogen (secondary N) is 2. The SMILES string of the molecule is CC(C)(C)OC(=O)N[C@@H]1COCC12CCNCC2. The Kier molecular flexibility index (Phi) is 3.82.